The lowest BCUT2D eigenvalue weighted by molar-refractivity contribution is -0.139. The fourth-order valence-electron chi connectivity index (χ4n) is 3.96. The van der Waals surface area contributed by atoms with Crippen LogP contribution in [0, 0.1) is 17.2 Å². The first-order valence-electron chi connectivity index (χ1n) is 9.98. The van der Waals surface area contributed by atoms with Gasteiger partial charge in [0.2, 0.25) is 0 Å². The van der Waals surface area contributed by atoms with Crippen molar-refractivity contribution >= 4 is 23.2 Å². The predicted molar refractivity (Wildman–Crippen MR) is 107 cm³/mol. The molecule has 1 aliphatic carbocycles. The average molecular weight is 379 g/mol. The molecule has 2 N–H and O–H groups in total. The van der Waals surface area contributed by atoms with E-state index in [0.717, 1.165) is 50.4 Å². The molecular formula is C21H25N5O2. The van der Waals surface area contributed by atoms with E-state index in [1.54, 1.807) is 0 Å². The van der Waals surface area contributed by atoms with Gasteiger partial charge >= 0.3 is 5.97 Å². The fraction of sp³-hybridized carbons (Fsp3) is 0.476. The molecule has 0 bridgehead atoms. The predicted octanol–water partition coefficient (Wildman–Crippen LogP) is 2.56. The maximum atomic E-state index is 12.7. The zero-order valence-electron chi connectivity index (χ0n) is 15.9. The van der Waals surface area contributed by atoms with E-state index in [4.69, 9.17) is 9.73 Å². The van der Waals surface area contributed by atoms with Crippen LogP contribution in [0.1, 0.15) is 25.7 Å². The number of piperazine rings is 1. The van der Waals surface area contributed by atoms with Crippen LogP contribution in [0.2, 0.25) is 0 Å². The Kier molecular flexibility index (Phi) is 5.58. The molecule has 0 atom stereocenters. The van der Waals surface area contributed by atoms with E-state index >= 15 is 0 Å². The van der Waals surface area contributed by atoms with Gasteiger partial charge in [-0.25, -0.2) is 9.79 Å². The van der Waals surface area contributed by atoms with Crippen LogP contribution >= 0.6 is 0 Å². The minimum atomic E-state index is -0.570. The number of carbonyl (C=O) groups is 1. The molecule has 1 aromatic carbocycles. The summed E-state index contributed by atoms with van der Waals surface area (Å²) in [6.07, 6.45) is 4.55. The molecule has 0 amide bonds. The average Bonchev–Trinajstić information content (AvgIpc) is 3.26. The number of amidine groups is 1. The van der Waals surface area contributed by atoms with Crippen LogP contribution in [-0.4, -0.2) is 49.5 Å². The quantitative estimate of drug-likeness (QED) is 0.477. The highest BCUT2D eigenvalue weighted by Crippen LogP contribution is 2.33. The minimum absolute atomic E-state index is 0.00946. The third-order valence-electron chi connectivity index (χ3n) is 5.52. The number of benzene rings is 1. The Labute approximate surface area is 165 Å². The molecule has 4 rings (SSSR count). The van der Waals surface area contributed by atoms with Crippen molar-refractivity contribution in [3.63, 3.8) is 0 Å². The summed E-state index contributed by atoms with van der Waals surface area (Å²) >= 11 is 0. The zero-order chi connectivity index (χ0) is 19.3. The molecule has 0 aromatic heterocycles. The van der Waals surface area contributed by atoms with Gasteiger partial charge in [-0.05, 0) is 30.9 Å². The Morgan fingerprint density at radius 1 is 1.25 bits per heavy atom. The molecule has 2 heterocycles. The van der Waals surface area contributed by atoms with Crippen molar-refractivity contribution in [2.75, 3.05) is 38.1 Å². The second-order valence-electron chi connectivity index (χ2n) is 7.43. The van der Waals surface area contributed by atoms with Crippen LogP contribution in [0.3, 0.4) is 0 Å². The van der Waals surface area contributed by atoms with Crippen molar-refractivity contribution in [1.29, 1.82) is 5.26 Å². The molecule has 1 saturated heterocycles. The van der Waals surface area contributed by atoms with Gasteiger partial charge < -0.3 is 20.3 Å². The summed E-state index contributed by atoms with van der Waals surface area (Å²) < 4.78 is 5.51. The first-order chi connectivity index (χ1) is 13.8. The molecule has 0 radical (unpaired) electrons. The summed E-state index contributed by atoms with van der Waals surface area (Å²) in [6, 6.07) is 9.71. The molecule has 1 saturated carbocycles. The Bertz CT molecular complexity index is 843. The third-order valence-corrected chi connectivity index (χ3v) is 5.52. The Hall–Kier alpha value is -2.85. The zero-order valence-corrected chi connectivity index (χ0v) is 15.9. The molecule has 2 aliphatic heterocycles. The van der Waals surface area contributed by atoms with Crippen molar-refractivity contribution in [3.05, 3.63) is 35.5 Å². The van der Waals surface area contributed by atoms with Crippen LogP contribution in [0.15, 0.2) is 40.5 Å². The largest absolute Gasteiger partial charge is 0.461 e. The van der Waals surface area contributed by atoms with Crippen molar-refractivity contribution in [2.24, 2.45) is 10.9 Å². The fourth-order valence-corrected chi connectivity index (χ4v) is 3.96. The van der Waals surface area contributed by atoms with Crippen molar-refractivity contribution < 1.29 is 9.53 Å². The molecule has 1 aromatic rings. The first kappa shape index (κ1) is 18.5. The van der Waals surface area contributed by atoms with E-state index in [1.807, 2.05) is 24.3 Å². The number of nitriles is 1. The van der Waals surface area contributed by atoms with Crippen LogP contribution in [0.4, 0.5) is 11.4 Å². The number of para-hydroxylation sites is 2. The lowest BCUT2D eigenvalue weighted by Crippen LogP contribution is -2.48. The number of nitrogens with zero attached hydrogens (tertiary/aromatic N) is 3. The van der Waals surface area contributed by atoms with Crippen LogP contribution in [0.25, 0.3) is 0 Å². The molecule has 28 heavy (non-hydrogen) atoms. The lowest BCUT2D eigenvalue weighted by atomic mass is 10.1. The number of esters is 1. The summed E-state index contributed by atoms with van der Waals surface area (Å²) in [4.78, 5) is 19.6. The van der Waals surface area contributed by atoms with Crippen LogP contribution in [-0.2, 0) is 9.53 Å². The number of hydrogen-bond acceptors (Lipinski definition) is 7. The summed E-state index contributed by atoms with van der Waals surface area (Å²) in [7, 11) is 0. The number of fused-ring (bicyclic) bond motifs is 1. The molecule has 0 spiro atoms. The Morgan fingerprint density at radius 2 is 2.00 bits per heavy atom. The van der Waals surface area contributed by atoms with Crippen molar-refractivity contribution in [3.8, 4) is 6.07 Å². The van der Waals surface area contributed by atoms with E-state index in [1.165, 1.54) is 12.8 Å². The Balaban J connectivity index is 1.64. The first-order valence-corrected chi connectivity index (χ1v) is 9.98. The van der Waals surface area contributed by atoms with Gasteiger partial charge in [0, 0.05) is 26.2 Å². The van der Waals surface area contributed by atoms with Gasteiger partial charge in [0.25, 0.3) is 0 Å². The molecule has 146 valence electrons. The normalized spacial score (nSPS) is 21.2. The van der Waals surface area contributed by atoms with Gasteiger partial charge in [0.05, 0.1) is 18.0 Å². The number of hydrogen-bond donors (Lipinski definition) is 2. The standard InChI is InChI=1S/C21H25N5O2/c22-13-16(21(27)28-14-15-5-1-2-6-15)19-20(26-11-9-23-10-12-26)25-18-8-4-3-7-17(18)24-19/h3-4,7-8,15,23-24H,1-2,5-6,9-12,14H2/b19-16-. The second-order valence-corrected chi connectivity index (χ2v) is 7.43. The van der Waals surface area contributed by atoms with Crippen LogP contribution in [0.5, 0.6) is 0 Å². The maximum Gasteiger partial charge on any atom is 0.351 e. The summed E-state index contributed by atoms with van der Waals surface area (Å²) in [5, 5.41) is 16.4. The summed E-state index contributed by atoms with van der Waals surface area (Å²) in [5.74, 6) is 0.476. The minimum Gasteiger partial charge on any atom is -0.461 e. The molecule has 7 heteroatoms. The highest BCUT2D eigenvalue weighted by Gasteiger charge is 2.29. The summed E-state index contributed by atoms with van der Waals surface area (Å²) in [5.41, 5.74) is 2.02. The lowest BCUT2D eigenvalue weighted by Gasteiger charge is -2.34. The van der Waals surface area contributed by atoms with Gasteiger partial charge in [-0.1, -0.05) is 25.0 Å². The highest BCUT2D eigenvalue weighted by atomic mass is 16.5. The number of nitrogens with one attached hydrogen (secondary N) is 2. The number of carbonyl (C=O) groups excluding carboxylic acids is 1. The number of ether oxygens (including phenoxy) is 1. The molecule has 3 aliphatic rings. The van der Waals surface area contributed by atoms with E-state index in [0.29, 0.717) is 24.1 Å². The van der Waals surface area contributed by atoms with Gasteiger partial charge in [-0.15, -0.1) is 0 Å². The van der Waals surface area contributed by atoms with E-state index in [2.05, 4.69) is 21.6 Å². The number of rotatable bonds is 3. The van der Waals surface area contributed by atoms with Crippen molar-refractivity contribution in [2.45, 2.75) is 25.7 Å². The monoisotopic (exact) mass is 379 g/mol. The smallest absolute Gasteiger partial charge is 0.351 e. The van der Waals surface area contributed by atoms with Gasteiger partial charge in [0.1, 0.15) is 11.8 Å². The Morgan fingerprint density at radius 3 is 2.75 bits per heavy atom. The topological polar surface area (TPSA) is 89.8 Å². The van der Waals surface area contributed by atoms with E-state index in [-0.39, 0.29) is 5.57 Å². The van der Waals surface area contributed by atoms with E-state index in [9.17, 15) is 10.1 Å². The molecular weight excluding hydrogens is 354 g/mol. The summed E-state index contributed by atoms with van der Waals surface area (Å²) in [6.45, 7) is 3.59. The second kappa shape index (κ2) is 8.44. The van der Waals surface area contributed by atoms with Crippen molar-refractivity contribution in [1.82, 2.24) is 10.2 Å². The van der Waals surface area contributed by atoms with Crippen LogP contribution < -0.4 is 10.6 Å². The van der Waals surface area contributed by atoms with Gasteiger partial charge in [0.15, 0.2) is 11.4 Å². The van der Waals surface area contributed by atoms with Gasteiger partial charge in [-0.2, -0.15) is 5.26 Å². The number of anilines is 1. The maximum absolute atomic E-state index is 12.7. The van der Waals surface area contributed by atoms with E-state index < -0.39 is 5.97 Å². The van der Waals surface area contributed by atoms with Gasteiger partial charge in [-0.3, -0.25) is 0 Å². The highest BCUT2D eigenvalue weighted by molar-refractivity contribution is 6.12. The molecule has 2 fully saturated rings. The molecule has 0 unspecified atom stereocenters. The SMILES string of the molecule is N#C/C(C(=O)OCC1CCCC1)=C1/Nc2ccccc2N=C1N1CCNCC1. The molecule has 7 nitrogen and oxygen atoms in total. The third kappa shape index (κ3) is 3.87. The number of aliphatic imine (C=N–C) groups is 1.